The molecule has 23 heavy (non-hydrogen) atoms. The fourth-order valence-electron chi connectivity index (χ4n) is 3.34. The number of rotatable bonds is 6. The maximum Gasteiger partial charge on any atom is 0.0945 e. The zero-order valence-electron chi connectivity index (χ0n) is 14.3. The summed E-state index contributed by atoms with van der Waals surface area (Å²) in [5.74, 6) is 0.847. The first kappa shape index (κ1) is 16.2. The lowest BCUT2D eigenvalue weighted by atomic mass is 9.99. The van der Waals surface area contributed by atoms with Gasteiger partial charge >= 0.3 is 0 Å². The Kier molecular flexibility index (Phi) is 5.47. The molecule has 1 aliphatic rings. The third-order valence-electron chi connectivity index (χ3n) is 4.72. The number of nitrogens with one attached hydrogen (secondary N) is 1. The van der Waals surface area contributed by atoms with E-state index in [1.807, 2.05) is 19.6 Å². The second-order valence-electron chi connectivity index (χ2n) is 6.90. The molecular formula is C19H28N4. The van der Waals surface area contributed by atoms with Gasteiger partial charge in [-0.15, -0.1) is 0 Å². The third-order valence-corrected chi connectivity index (χ3v) is 4.72. The fraction of sp³-hybridized carbons (Fsp3) is 0.526. The Hall–Kier alpha value is -1.65. The van der Waals surface area contributed by atoms with Crippen LogP contribution in [0.5, 0.6) is 0 Å². The molecule has 3 rings (SSSR count). The minimum atomic E-state index is 0.847. The van der Waals surface area contributed by atoms with E-state index in [1.165, 1.54) is 42.8 Å². The van der Waals surface area contributed by atoms with E-state index in [0.717, 1.165) is 25.6 Å². The van der Waals surface area contributed by atoms with E-state index in [2.05, 4.69) is 51.0 Å². The SMILES string of the molecule is C[C@@H]1CCCN(Cc2ccc(CNCc3cncn3C)cc2)C1. The third kappa shape index (κ3) is 4.66. The molecule has 4 heteroatoms. The summed E-state index contributed by atoms with van der Waals surface area (Å²) in [6.45, 7) is 7.69. The number of benzene rings is 1. The molecule has 1 aliphatic heterocycles. The predicted octanol–water partition coefficient (Wildman–Crippen LogP) is 2.94. The Morgan fingerprint density at radius 1 is 1.17 bits per heavy atom. The molecule has 4 nitrogen and oxygen atoms in total. The number of piperidine rings is 1. The van der Waals surface area contributed by atoms with Gasteiger partial charge in [-0.3, -0.25) is 4.90 Å². The second kappa shape index (κ2) is 7.75. The molecule has 1 aromatic heterocycles. The molecule has 0 spiro atoms. The highest BCUT2D eigenvalue weighted by molar-refractivity contribution is 5.22. The number of imidazole rings is 1. The van der Waals surface area contributed by atoms with Gasteiger partial charge in [-0.05, 0) is 36.4 Å². The maximum absolute atomic E-state index is 4.14. The molecule has 0 radical (unpaired) electrons. The number of hydrogen-bond donors (Lipinski definition) is 1. The van der Waals surface area contributed by atoms with Gasteiger partial charge in [-0.1, -0.05) is 31.2 Å². The molecule has 0 amide bonds. The lowest BCUT2D eigenvalue weighted by molar-refractivity contribution is 0.176. The van der Waals surface area contributed by atoms with Crippen LogP contribution in [0.25, 0.3) is 0 Å². The largest absolute Gasteiger partial charge is 0.337 e. The van der Waals surface area contributed by atoms with Crippen LogP contribution in [0, 0.1) is 5.92 Å². The van der Waals surface area contributed by atoms with Gasteiger partial charge in [-0.25, -0.2) is 4.98 Å². The van der Waals surface area contributed by atoms with Gasteiger partial charge in [0.1, 0.15) is 0 Å². The highest BCUT2D eigenvalue weighted by atomic mass is 15.1. The van der Waals surface area contributed by atoms with Crippen LogP contribution in [0.1, 0.15) is 36.6 Å². The quantitative estimate of drug-likeness (QED) is 0.890. The second-order valence-corrected chi connectivity index (χ2v) is 6.90. The number of aryl methyl sites for hydroxylation is 1. The van der Waals surface area contributed by atoms with Crippen molar-refractivity contribution in [2.75, 3.05) is 13.1 Å². The van der Waals surface area contributed by atoms with Crippen LogP contribution in [-0.2, 0) is 26.7 Å². The first-order valence-corrected chi connectivity index (χ1v) is 8.67. The van der Waals surface area contributed by atoms with Crippen LogP contribution in [-0.4, -0.2) is 27.5 Å². The summed E-state index contributed by atoms with van der Waals surface area (Å²) >= 11 is 0. The molecule has 1 N–H and O–H groups in total. The Balaban J connectivity index is 1.46. The monoisotopic (exact) mass is 312 g/mol. The molecule has 1 atom stereocenters. The molecule has 0 unspecified atom stereocenters. The van der Waals surface area contributed by atoms with Crippen molar-refractivity contribution in [2.45, 2.75) is 39.4 Å². The summed E-state index contributed by atoms with van der Waals surface area (Å²) in [5.41, 5.74) is 3.97. The van der Waals surface area contributed by atoms with E-state index in [9.17, 15) is 0 Å². The van der Waals surface area contributed by atoms with Gasteiger partial charge in [0.2, 0.25) is 0 Å². The summed E-state index contributed by atoms with van der Waals surface area (Å²) in [7, 11) is 2.03. The van der Waals surface area contributed by atoms with Gasteiger partial charge in [0.15, 0.2) is 0 Å². The summed E-state index contributed by atoms with van der Waals surface area (Å²) in [6.07, 6.45) is 6.48. The molecule has 2 heterocycles. The van der Waals surface area contributed by atoms with Crippen LogP contribution in [0.3, 0.4) is 0 Å². The Morgan fingerprint density at radius 3 is 2.65 bits per heavy atom. The normalized spacial score (nSPS) is 19.1. The van der Waals surface area contributed by atoms with Crippen molar-refractivity contribution in [1.82, 2.24) is 19.8 Å². The maximum atomic E-state index is 4.14. The van der Waals surface area contributed by atoms with E-state index >= 15 is 0 Å². The Bertz CT molecular complexity index is 602. The molecule has 0 bridgehead atoms. The molecule has 0 aliphatic carbocycles. The van der Waals surface area contributed by atoms with Crippen molar-refractivity contribution in [3.63, 3.8) is 0 Å². The Labute approximate surface area is 139 Å². The Morgan fingerprint density at radius 2 is 1.96 bits per heavy atom. The summed E-state index contributed by atoms with van der Waals surface area (Å²) in [4.78, 5) is 6.73. The van der Waals surface area contributed by atoms with E-state index in [4.69, 9.17) is 0 Å². The molecule has 0 saturated carbocycles. The predicted molar refractivity (Wildman–Crippen MR) is 93.9 cm³/mol. The van der Waals surface area contributed by atoms with Gasteiger partial charge < -0.3 is 9.88 Å². The van der Waals surface area contributed by atoms with Crippen molar-refractivity contribution < 1.29 is 0 Å². The number of nitrogens with zero attached hydrogens (tertiary/aromatic N) is 3. The minimum Gasteiger partial charge on any atom is -0.337 e. The topological polar surface area (TPSA) is 33.1 Å². The first-order chi connectivity index (χ1) is 11.2. The van der Waals surface area contributed by atoms with E-state index in [-0.39, 0.29) is 0 Å². The zero-order chi connectivity index (χ0) is 16.1. The van der Waals surface area contributed by atoms with Gasteiger partial charge in [-0.2, -0.15) is 0 Å². The molecule has 124 valence electrons. The van der Waals surface area contributed by atoms with Crippen molar-refractivity contribution in [3.05, 3.63) is 53.6 Å². The van der Waals surface area contributed by atoms with Crippen LogP contribution in [0.4, 0.5) is 0 Å². The van der Waals surface area contributed by atoms with Gasteiger partial charge in [0, 0.05) is 39.4 Å². The van der Waals surface area contributed by atoms with E-state index in [0.29, 0.717) is 0 Å². The van der Waals surface area contributed by atoms with Gasteiger partial charge in [0.05, 0.1) is 12.0 Å². The lowest BCUT2D eigenvalue weighted by Gasteiger charge is -2.30. The van der Waals surface area contributed by atoms with Crippen LogP contribution < -0.4 is 5.32 Å². The van der Waals surface area contributed by atoms with Crippen molar-refractivity contribution in [1.29, 1.82) is 0 Å². The van der Waals surface area contributed by atoms with Crippen molar-refractivity contribution in [2.24, 2.45) is 13.0 Å². The standard InChI is InChI=1S/C19H28N4/c1-16-4-3-9-23(13-16)14-18-7-5-17(6-8-18)10-20-11-19-12-21-15-22(19)2/h5-8,12,15-16,20H,3-4,9-11,13-14H2,1-2H3/t16-/m1/s1. The summed E-state index contributed by atoms with van der Waals surface area (Å²) < 4.78 is 2.05. The molecule has 1 aromatic carbocycles. The van der Waals surface area contributed by atoms with Crippen LogP contribution in [0.15, 0.2) is 36.8 Å². The summed E-state index contributed by atoms with van der Waals surface area (Å²) in [5, 5.41) is 3.48. The molecule has 1 saturated heterocycles. The van der Waals surface area contributed by atoms with Crippen LogP contribution in [0.2, 0.25) is 0 Å². The molecule has 2 aromatic rings. The first-order valence-electron chi connectivity index (χ1n) is 8.67. The average Bonchev–Trinajstić information content (AvgIpc) is 2.94. The van der Waals surface area contributed by atoms with Crippen molar-refractivity contribution >= 4 is 0 Å². The fourth-order valence-corrected chi connectivity index (χ4v) is 3.34. The highest BCUT2D eigenvalue weighted by Crippen LogP contribution is 2.18. The number of aromatic nitrogens is 2. The minimum absolute atomic E-state index is 0.847. The smallest absolute Gasteiger partial charge is 0.0945 e. The van der Waals surface area contributed by atoms with E-state index < -0.39 is 0 Å². The van der Waals surface area contributed by atoms with Gasteiger partial charge in [0.25, 0.3) is 0 Å². The average molecular weight is 312 g/mol. The van der Waals surface area contributed by atoms with Crippen LogP contribution >= 0.6 is 0 Å². The van der Waals surface area contributed by atoms with Crippen molar-refractivity contribution in [3.8, 4) is 0 Å². The lowest BCUT2D eigenvalue weighted by Crippen LogP contribution is -2.33. The molecule has 1 fully saturated rings. The van der Waals surface area contributed by atoms with E-state index in [1.54, 1.807) is 0 Å². The highest BCUT2D eigenvalue weighted by Gasteiger charge is 2.15. The summed E-state index contributed by atoms with van der Waals surface area (Å²) in [6, 6.07) is 9.05. The molecular weight excluding hydrogens is 284 g/mol. The number of likely N-dealkylation sites (tertiary alicyclic amines) is 1. The number of hydrogen-bond acceptors (Lipinski definition) is 3. The zero-order valence-corrected chi connectivity index (χ0v) is 14.3.